The van der Waals surface area contributed by atoms with Crippen LogP contribution in [0.25, 0.3) is 0 Å². The number of halogens is 1. The first kappa shape index (κ1) is 20.9. The van der Waals surface area contributed by atoms with Crippen molar-refractivity contribution in [3.05, 3.63) is 65.2 Å². The van der Waals surface area contributed by atoms with Gasteiger partial charge < -0.3 is 9.80 Å². The molecule has 0 bridgehead atoms. The summed E-state index contributed by atoms with van der Waals surface area (Å²) in [5.41, 5.74) is 1.62. The molecule has 1 aliphatic rings. The van der Waals surface area contributed by atoms with Crippen LogP contribution < -0.4 is 4.90 Å². The van der Waals surface area contributed by atoms with Crippen molar-refractivity contribution in [1.82, 2.24) is 9.80 Å². The van der Waals surface area contributed by atoms with E-state index in [0.717, 1.165) is 5.56 Å². The maximum absolute atomic E-state index is 12.9. The van der Waals surface area contributed by atoms with Gasteiger partial charge in [-0.2, -0.15) is 0 Å². The van der Waals surface area contributed by atoms with Gasteiger partial charge in [-0.3, -0.25) is 19.3 Å². The van der Waals surface area contributed by atoms with Crippen molar-refractivity contribution in [2.45, 2.75) is 19.3 Å². The Balaban J connectivity index is 1.63. The number of carbonyl (C=O) groups excluding carboxylic acids is 3. The first-order valence-electron chi connectivity index (χ1n) is 9.54. The van der Waals surface area contributed by atoms with Gasteiger partial charge in [0, 0.05) is 17.8 Å². The van der Waals surface area contributed by atoms with Crippen molar-refractivity contribution in [3.8, 4) is 0 Å². The number of carbonyl (C=O) groups is 3. The molecule has 0 saturated carbocycles. The molecule has 6 nitrogen and oxygen atoms in total. The first-order chi connectivity index (χ1) is 13.9. The van der Waals surface area contributed by atoms with E-state index in [9.17, 15) is 14.4 Å². The van der Waals surface area contributed by atoms with Crippen LogP contribution in [0.2, 0.25) is 5.02 Å². The number of hydrogen-bond acceptors (Lipinski definition) is 3. The highest BCUT2D eigenvalue weighted by molar-refractivity contribution is 6.30. The molecular formula is C22H24ClN3O3. The highest BCUT2D eigenvalue weighted by atomic mass is 35.5. The van der Waals surface area contributed by atoms with Gasteiger partial charge in [0.2, 0.25) is 17.7 Å². The molecule has 152 valence electrons. The van der Waals surface area contributed by atoms with Crippen LogP contribution in [0.15, 0.2) is 54.6 Å². The molecule has 1 atom stereocenters. The van der Waals surface area contributed by atoms with Crippen LogP contribution >= 0.6 is 11.6 Å². The molecule has 3 amide bonds. The van der Waals surface area contributed by atoms with Crippen LogP contribution in [0, 0.1) is 0 Å². The van der Waals surface area contributed by atoms with Crippen LogP contribution in [0.5, 0.6) is 0 Å². The minimum atomic E-state index is -0.292. The molecule has 29 heavy (non-hydrogen) atoms. The summed E-state index contributed by atoms with van der Waals surface area (Å²) in [4.78, 5) is 42.4. The van der Waals surface area contributed by atoms with Gasteiger partial charge in [-0.25, -0.2) is 0 Å². The first-order valence-corrected chi connectivity index (χ1v) is 9.92. The maximum Gasteiger partial charge on any atom is 0.248 e. The predicted octanol–water partition coefficient (Wildman–Crippen LogP) is 3.12. The standard InChI is InChI=1S/C22H24ClN3O3/c1-3-19(16-7-5-4-6-8-16)22(29)24(2)13-20(27)25-14-21(28)26(15-25)18-11-9-17(23)10-12-18/h4-12,19H,3,13-15H2,1-2H3/t19-/m0/s1. The van der Waals surface area contributed by atoms with E-state index in [4.69, 9.17) is 11.6 Å². The fourth-order valence-electron chi connectivity index (χ4n) is 3.45. The fraction of sp³-hybridized carbons (Fsp3) is 0.318. The zero-order chi connectivity index (χ0) is 21.0. The summed E-state index contributed by atoms with van der Waals surface area (Å²) in [7, 11) is 1.63. The van der Waals surface area contributed by atoms with Gasteiger partial charge in [0.1, 0.15) is 13.2 Å². The zero-order valence-electron chi connectivity index (χ0n) is 16.5. The van der Waals surface area contributed by atoms with Gasteiger partial charge in [-0.1, -0.05) is 48.9 Å². The van der Waals surface area contributed by atoms with E-state index < -0.39 is 0 Å². The maximum atomic E-state index is 12.9. The quantitative estimate of drug-likeness (QED) is 0.731. The summed E-state index contributed by atoms with van der Waals surface area (Å²) in [6.45, 7) is 2.05. The van der Waals surface area contributed by atoms with Crippen molar-refractivity contribution < 1.29 is 14.4 Å². The van der Waals surface area contributed by atoms with Crippen LogP contribution in [0.3, 0.4) is 0 Å². The lowest BCUT2D eigenvalue weighted by atomic mass is 9.95. The molecule has 1 heterocycles. The third kappa shape index (κ3) is 4.77. The minimum absolute atomic E-state index is 0.000613. The summed E-state index contributed by atoms with van der Waals surface area (Å²) < 4.78 is 0. The molecule has 0 N–H and O–H groups in total. The van der Waals surface area contributed by atoms with Crippen molar-refractivity contribution in [3.63, 3.8) is 0 Å². The number of rotatable bonds is 6. The molecule has 0 radical (unpaired) electrons. The Morgan fingerprint density at radius 2 is 1.76 bits per heavy atom. The largest absolute Gasteiger partial charge is 0.336 e. The number of benzene rings is 2. The third-order valence-electron chi connectivity index (χ3n) is 5.09. The Hall–Kier alpha value is -2.86. The predicted molar refractivity (Wildman–Crippen MR) is 113 cm³/mol. The second kappa shape index (κ2) is 9.09. The Morgan fingerprint density at radius 1 is 1.10 bits per heavy atom. The summed E-state index contributed by atoms with van der Waals surface area (Å²) in [5, 5.41) is 0.581. The molecule has 1 fully saturated rings. The average molecular weight is 414 g/mol. The molecular weight excluding hydrogens is 390 g/mol. The lowest BCUT2D eigenvalue weighted by Crippen LogP contribution is -2.42. The van der Waals surface area contributed by atoms with Gasteiger partial charge in [0.15, 0.2) is 0 Å². The van der Waals surface area contributed by atoms with E-state index in [2.05, 4.69) is 0 Å². The van der Waals surface area contributed by atoms with Crippen LogP contribution in [0.4, 0.5) is 5.69 Å². The van der Waals surface area contributed by atoms with Gasteiger partial charge in [0.05, 0.1) is 12.5 Å². The Bertz CT molecular complexity index is 886. The number of hydrogen-bond donors (Lipinski definition) is 0. The lowest BCUT2D eigenvalue weighted by Gasteiger charge is -2.25. The van der Waals surface area contributed by atoms with Crippen LogP contribution in [0.1, 0.15) is 24.8 Å². The normalized spacial score (nSPS) is 14.8. The van der Waals surface area contributed by atoms with Crippen molar-refractivity contribution in [1.29, 1.82) is 0 Å². The smallest absolute Gasteiger partial charge is 0.248 e. The molecule has 3 rings (SSSR count). The topological polar surface area (TPSA) is 60.9 Å². The van der Waals surface area contributed by atoms with Crippen molar-refractivity contribution >= 4 is 35.0 Å². The second-order valence-electron chi connectivity index (χ2n) is 7.10. The van der Waals surface area contributed by atoms with Gasteiger partial charge >= 0.3 is 0 Å². The number of likely N-dealkylation sites (N-methyl/N-ethyl adjacent to an activating group) is 1. The van der Waals surface area contributed by atoms with Crippen LogP contribution in [-0.4, -0.2) is 54.3 Å². The fourth-order valence-corrected chi connectivity index (χ4v) is 3.57. The molecule has 0 unspecified atom stereocenters. The molecule has 2 aromatic rings. The van der Waals surface area contributed by atoms with E-state index in [1.807, 2.05) is 37.3 Å². The summed E-state index contributed by atoms with van der Waals surface area (Å²) in [5.74, 6) is -0.814. The third-order valence-corrected chi connectivity index (χ3v) is 5.34. The van der Waals surface area contributed by atoms with Crippen LogP contribution in [-0.2, 0) is 14.4 Å². The van der Waals surface area contributed by atoms with Gasteiger partial charge in [0.25, 0.3) is 0 Å². The van der Waals surface area contributed by atoms with E-state index in [1.165, 1.54) is 14.7 Å². The Kier molecular flexibility index (Phi) is 6.54. The van der Waals surface area contributed by atoms with Crippen molar-refractivity contribution in [2.24, 2.45) is 0 Å². The lowest BCUT2D eigenvalue weighted by molar-refractivity contribution is -0.140. The van der Waals surface area contributed by atoms with E-state index in [-0.39, 0.29) is 43.4 Å². The summed E-state index contributed by atoms with van der Waals surface area (Å²) in [6, 6.07) is 16.5. The molecule has 0 aromatic heterocycles. The number of nitrogens with zero attached hydrogens (tertiary/aromatic N) is 3. The van der Waals surface area contributed by atoms with E-state index in [0.29, 0.717) is 17.1 Å². The highest BCUT2D eigenvalue weighted by Crippen LogP contribution is 2.23. The highest BCUT2D eigenvalue weighted by Gasteiger charge is 2.33. The zero-order valence-corrected chi connectivity index (χ0v) is 17.3. The Labute approximate surface area is 175 Å². The summed E-state index contributed by atoms with van der Waals surface area (Å²) >= 11 is 5.90. The molecule has 0 spiro atoms. The van der Waals surface area contributed by atoms with Crippen molar-refractivity contribution in [2.75, 3.05) is 31.7 Å². The van der Waals surface area contributed by atoms with Gasteiger partial charge in [-0.05, 0) is 36.2 Å². The molecule has 7 heteroatoms. The monoisotopic (exact) mass is 413 g/mol. The molecule has 2 aromatic carbocycles. The SMILES string of the molecule is CC[C@H](C(=O)N(C)CC(=O)N1CC(=O)N(c2ccc(Cl)cc2)C1)c1ccccc1. The average Bonchev–Trinajstić information content (AvgIpc) is 3.11. The number of anilines is 1. The van der Waals surface area contributed by atoms with E-state index in [1.54, 1.807) is 31.3 Å². The number of amides is 3. The Morgan fingerprint density at radius 3 is 2.38 bits per heavy atom. The summed E-state index contributed by atoms with van der Waals surface area (Å²) in [6.07, 6.45) is 0.647. The minimum Gasteiger partial charge on any atom is -0.336 e. The molecule has 1 saturated heterocycles. The molecule has 0 aliphatic carbocycles. The van der Waals surface area contributed by atoms with E-state index >= 15 is 0 Å². The molecule has 1 aliphatic heterocycles. The second-order valence-corrected chi connectivity index (χ2v) is 7.53. The van der Waals surface area contributed by atoms with Gasteiger partial charge in [-0.15, -0.1) is 0 Å².